The Morgan fingerprint density at radius 3 is 2.39 bits per heavy atom. The van der Waals surface area contributed by atoms with E-state index in [1.54, 1.807) is 6.07 Å². The predicted molar refractivity (Wildman–Crippen MR) is 111 cm³/mol. The van der Waals surface area contributed by atoms with Crippen molar-refractivity contribution in [3.8, 4) is 11.5 Å². The zero-order chi connectivity index (χ0) is 21.8. The summed E-state index contributed by atoms with van der Waals surface area (Å²) in [6.07, 6.45) is 2.36. The number of amides is 2. The maximum Gasteiger partial charge on any atom is 0.269 e. The highest BCUT2D eigenvalue weighted by Gasteiger charge is 2.27. The van der Waals surface area contributed by atoms with E-state index >= 15 is 0 Å². The Morgan fingerprint density at radius 2 is 1.65 bits per heavy atom. The van der Waals surface area contributed by atoms with Gasteiger partial charge >= 0.3 is 0 Å². The lowest BCUT2D eigenvalue weighted by Gasteiger charge is -2.15. The summed E-state index contributed by atoms with van der Waals surface area (Å²) in [5.41, 5.74) is 5.88. The SMILES string of the molecule is O=C(CCc1ccc2c(c1)OCO2)NNC(=O)c1ccc(S(=O)(=O)N2CCCC2)cc1. The van der Waals surface area contributed by atoms with Gasteiger partial charge in [-0.3, -0.25) is 20.4 Å². The molecule has 2 aromatic carbocycles. The first-order valence-electron chi connectivity index (χ1n) is 10.0. The molecule has 0 radical (unpaired) electrons. The number of benzene rings is 2. The normalized spacial score (nSPS) is 15.6. The molecule has 1 fully saturated rings. The van der Waals surface area contributed by atoms with E-state index in [0.717, 1.165) is 18.4 Å². The average Bonchev–Trinajstić information content (AvgIpc) is 3.48. The molecular weight excluding hydrogens is 422 g/mol. The van der Waals surface area contributed by atoms with Gasteiger partial charge in [0.2, 0.25) is 22.7 Å². The molecular formula is C21H23N3O6S. The summed E-state index contributed by atoms with van der Waals surface area (Å²) in [5.74, 6) is 0.460. The van der Waals surface area contributed by atoms with Crippen molar-refractivity contribution in [3.63, 3.8) is 0 Å². The molecule has 2 aromatic rings. The van der Waals surface area contributed by atoms with Crippen LogP contribution in [0.4, 0.5) is 0 Å². The number of hydrazine groups is 1. The highest BCUT2D eigenvalue weighted by atomic mass is 32.2. The minimum Gasteiger partial charge on any atom is -0.454 e. The lowest BCUT2D eigenvalue weighted by Crippen LogP contribution is -2.41. The molecule has 0 saturated carbocycles. The zero-order valence-corrected chi connectivity index (χ0v) is 17.6. The fourth-order valence-corrected chi connectivity index (χ4v) is 4.99. The van der Waals surface area contributed by atoms with Gasteiger partial charge in [0, 0.05) is 25.1 Å². The maximum absolute atomic E-state index is 12.5. The predicted octanol–water partition coefficient (Wildman–Crippen LogP) is 1.59. The smallest absolute Gasteiger partial charge is 0.269 e. The van der Waals surface area contributed by atoms with Gasteiger partial charge in [-0.1, -0.05) is 6.07 Å². The third kappa shape index (κ3) is 4.80. The molecule has 0 spiro atoms. The Kier molecular flexibility index (Phi) is 6.10. The van der Waals surface area contributed by atoms with Crippen molar-refractivity contribution in [3.05, 3.63) is 53.6 Å². The number of aryl methyl sites for hydroxylation is 1. The molecule has 2 aliphatic heterocycles. The topological polar surface area (TPSA) is 114 Å². The molecule has 164 valence electrons. The van der Waals surface area contributed by atoms with E-state index in [2.05, 4.69) is 10.9 Å². The summed E-state index contributed by atoms with van der Waals surface area (Å²) in [7, 11) is -3.53. The van der Waals surface area contributed by atoms with E-state index in [4.69, 9.17) is 9.47 Å². The van der Waals surface area contributed by atoms with E-state index in [1.807, 2.05) is 12.1 Å². The first kappa shape index (κ1) is 21.1. The van der Waals surface area contributed by atoms with Crippen molar-refractivity contribution in [2.75, 3.05) is 19.9 Å². The van der Waals surface area contributed by atoms with Gasteiger partial charge in [0.25, 0.3) is 5.91 Å². The highest BCUT2D eigenvalue weighted by molar-refractivity contribution is 7.89. The van der Waals surface area contributed by atoms with Crippen molar-refractivity contribution in [2.24, 2.45) is 0 Å². The Balaban J connectivity index is 1.27. The molecule has 0 atom stereocenters. The largest absolute Gasteiger partial charge is 0.454 e. The van der Waals surface area contributed by atoms with Crippen LogP contribution in [-0.4, -0.2) is 44.4 Å². The molecule has 0 unspecified atom stereocenters. The number of fused-ring (bicyclic) bond motifs is 1. The third-order valence-corrected chi connectivity index (χ3v) is 7.13. The second kappa shape index (κ2) is 8.94. The highest BCUT2D eigenvalue weighted by Crippen LogP contribution is 2.32. The summed E-state index contributed by atoms with van der Waals surface area (Å²) < 4.78 is 37.1. The van der Waals surface area contributed by atoms with Gasteiger partial charge in [0.05, 0.1) is 4.90 Å². The van der Waals surface area contributed by atoms with E-state index in [-0.39, 0.29) is 29.6 Å². The van der Waals surface area contributed by atoms with Crippen LogP contribution in [0.25, 0.3) is 0 Å². The molecule has 2 aliphatic rings. The number of carbonyl (C=O) groups excluding carboxylic acids is 2. The van der Waals surface area contributed by atoms with Gasteiger partial charge in [0.1, 0.15) is 0 Å². The fourth-order valence-electron chi connectivity index (χ4n) is 3.47. The van der Waals surface area contributed by atoms with Crippen molar-refractivity contribution in [2.45, 2.75) is 30.6 Å². The van der Waals surface area contributed by atoms with Crippen LogP contribution in [0.2, 0.25) is 0 Å². The standard InChI is InChI=1S/C21H23N3O6S/c25-20(10-4-15-3-9-18-19(13-15)30-14-29-18)22-23-21(26)16-5-7-17(8-6-16)31(27,28)24-11-1-2-12-24/h3,5-9,13H,1-2,4,10-12,14H2,(H,22,25)(H,23,26). The second-order valence-corrected chi connectivity index (χ2v) is 9.26. The lowest BCUT2D eigenvalue weighted by atomic mass is 10.1. The minimum absolute atomic E-state index is 0.152. The number of hydrogen-bond donors (Lipinski definition) is 2. The molecule has 9 nitrogen and oxygen atoms in total. The Morgan fingerprint density at radius 1 is 0.935 bits per heavy atom. The van der Waals surface area contributed by atoms with Gasteiger partial charge in [-0.2, -0.15) is 4.31 Å². The van der Waals surface area contributed by atoms with Gasteiger partial charge in [0.15, 0.2) is 11.5 Å². The monoisotopic (exact) mass is 445 g/mol. The van der Waals surface area contributed by atoms with Gasteiger partial charge in [-0.15, -0.1) is 0 Å². The quantitative estimate of drug-likeness (QED) is 0.653. The summed E-state index contributed by atoms with van der Waals surface area (Å²) in [6, 6.07) is 11.1. The molecule has 0 aromatic heterocycles. The van der Waals surface area contributed by atoms with Crippen LogP contribution in [0.5, 0.6) is 11.5 Å². The number of hydrogen-bond acceptors (Lipinski definition) is 6. The summed E-state index contributed by atoms with van der Waals surface area (Å²) in [4.78, 5) is 24.5. The van der Waals surface area contributed by atoms with Crippen molar-refractivity contribution < 1.29 is 27.5 Å². The van der Waals surface area contributed by atoms with Gasteiger partial charge in [-0.25, -0.2) is 8.42 Å². The third-order valence-electron chi connectivity index (χ3n) is 5.21. The van der Waals surface area contributed by atoms with Crippen LogP contribution >= 0.6 is 0 Å². The van der Waals surface area contributed by atoms with Gasteiger partial charge < -0.3 is 9.47 Å². The van der Waals surface area contributed by atoms with Crippen LogP contribution in [-0.2, 0) is 21.2 Å². The van der Waals surface area contributed by atoms with Crippen LogP contribution in [0.3, 0.4) is 0 Å². The zero-order valence-electron chi connectivity index (χ0n) is 16.8. The van der Waals surface area contributed by atoms with E-state index in [9.17, 15) is 18.0 Å². The molecule has 0 aliphatic carbocycles. The number of nitrogens with one attached hydrogen (secondary N) is 2. The second-order valence-electron chi connectivity index (χ2n) is 7.33. The minimum atomic E-state index is -3.53. The molecule has 31 heavy (non-hydrogen) atoms. The first-order chi connectivity index (χ1) is 14.9. The van der Waals surface area contributed by atoms with Crippen molar-refractivity contribution in [1.82, 2.24) is 15.2 Å². The molecule has 4 rings (SSSR count). The molecule has 10 heteroatoms. The number of rotatable bonds is 6. The number of nitrogens with zero attached hydrogens (tertiary/aromatic N) is 1. The fraction of sp³-hybridized carbons (Fsp3) is 0.333. The van der Waals surface area contributed by atoms with Crippen LogP contribution in [0, 0.1) is 0 Å². The Hall–Kier alpha value is -3.11. The number of ether oxygens (including phenoxy) is 2. The number of sulfonamides is 1. The molecule has 2 amide bonds. The molecule has 2 heterocycles. The van der Waals surface area contributed by atoms with Gasteiger partial charge in [-0.05, 0) is 61.2 Å². The van der Waals surface area contributed by atoms with E-state index in [0.29, 0.717) is 31.0 Å². The lowest BCUT2D eigenvalue weighted by molar-refractivity contribution is -0.121. The molecule has 1 saturated heterocycles. The van der Waals surface area contributed by atoms with Crippen LogP contribution < -0.4 is 20.3 Å². The molecule has 0 bridgehead atoms. The summed E-state index contributed by atoms with van der Waals surface area (Å²) in [5, 5.41) is 0. The van der Waals surface area contributed by atoms with Crippen LogP contribution in [0.1, 0.15) is 35.2 Å². The van der Waals surface area contributed by atoms with E-state index in [1.165, 1.54) is 28.6 Å². The van der Waals surface area contributed by atoms with Crippen molar-refractivity contribution in [1.29, 1.82) is 0 Å². The average molecular weight is 445 g/mol. The van der Waals surface area contributed by atoms with Crippen molar-refractivity contribution >= 4 is 21.8 Å². The Labute approximate surface area is 180 Å². The summed E-state index contributed by atoms with van der Waals surface area (Å²) >= 11 is 0. The van der Waals surface area contributed by atoms with Crippen LogP contribution in [0.15, 0.2) is 47.4 Å². The first-order valence-corrected chi connectivity index (χ1v) is 11.5. The summed E-state index contributed by atoms with van der Waals surface area (Å²) in [6.45, 7) is 1.22. The number of carbonyl (C=O) groups is 2. The van der Waals surface area contributed by atoms with E-state index < -0.39 is 15.9 Å². The maximum atomic E-state index is 12.5. The Bertz CT molecular complexity index is 1080. The molecule has 2 N–H and O–H groups in total.